The number of carbonyl (C=O) groups is 3. The lowest BCUT2D eigenvalue weighted by Crippen LogP contribution is -2.48. The van der Waals surface area contributed by atoms with Crippen LogP contribution in [0, 0.1) is 16.0 Å². The van der Waals surface area contributed by atoms with Crippen LogP contribution in [0.1, 0.15) is 36.2 Å². The van der Waals surface area contributed by atoms with Gasteiger partial charge in [-0.2, -0.15) is 0 Å². The number of pyridine rings is 1. The quantitative estimate of drug-likeness (QED) is 0.198. The van der Waals surface area contributed by atoms with Gasteiger partial charge in [0.05, 0.1) is 22.5 Å². The van der Waals surface area contributed by atoms with Crippen LogP contribution in [-0.4, -0.2) is 51.7 Å². The van der Waals surface area contributed by atoms with Gasteiger partial charge in [-0.3, -0.25) is 33.9 Å². The maximum absolute atomic E-state index is 13.5. The second kappa shape index (κ2) is 10.4. The molecular formula is C22H22ClN3O7. The number of nitro groups is 1. The number of nitro benzene ring substituents is 1. The molecule has 0 unspecified atom stereocenters. The second-order valence-corrected chi connectivity index (χ2v) is 7.98. The number of nitrogens with zero attached hydrogens (tertiary/aromatic N) is 3. The highest BCUT2D eigenvalue weighted by Crippen LogP contribution is 2.25. The Morgan fingerprint density at radius 1 is 1.27 bits per heavy atom. The van der Waals surface area contributed by atoms with E-state index in [4.69, 9.17) is 16.3 Å². The summed E-state index contributed by atoms with van der Waals surface area (Å²) in [7, 11) is 0. The number of hydrogen-bond acceptors (Lipinski definition) is 7. The van der Waals surface area contributed by atoms with E-state index in [9.17, 15) is 29.3 Å². The first-order valence-corrected chi connectivity index (χ1v) is 10.7. The normalized spacial score (nSPS) is 16.7. The Bertz CT molecular complexity index is 1150. The minimum Gasteiger partial charge on any atom is -0.466 e. The number of non-ortho nitro benzene ring substituents is 1. The third-order valence-electron chi connectivity index (χ3n) is 5.36. The Labute approximate surface area is 193 Å². The van der Waals surface area contributed by atoms with Gasteiger partial charge < -0.3 is 9.64 Å². The summed E-state index contributed by atoms with van der Waals surface area (Å²) >= 11 is 6.02. The van der Waals surface area contributed by atoms with Crippen molar-refractivity contribution in [3.8, 4) is 0 Å². The van der Waals surface area contributed by atoms with Gasteiger partial charge in [-0.05, 0) is 25.8 Å². The van der Waals surface area contributed by atoms with E-state index in [1.165, 1.54) is 35.4 Å². The largest absolute Gasteiger partial charge is 0.466 e. The van der Waals surface area contributed by atoms with Gasteiger partial charge in [0.1, 0.15) is 0 Å². The first-order chi connectivity index (χ1) is 15.7. The van der Waals surface area contributed by atoms with Gasteiger partial charge >= 0.3 is 5.97 Å². The van der Waals surface area contributed by atoms with E-state index in [0.717, 1.165) is 16.7 Å². The molecule has 0 N–H and O–H groups in total. The van der Waals surface area contributed by atoms with E-state index in [1.54, 1.807) is 6.92 Å². The molecule has 1 fully saturated rings. The molecule has 0 spiro atoms. The molecule has 1 saturated heterocycles. The zero-order chi connectivity index (χ0) is 24.1. The van der Waals surface area contributed by atoms with Gasteiger partial charge in [-0.25, -0.2) is 0 Å². The fourth-order valence-electron chi connectivity index (χ4n) is 3.77. The standard InChI is InChI=1S/C22H22ClN3O7/c1-2-33-22(30)15-6-4-10-24(12-15)21(29)19(25-13-16(23)8-9-18(25)27)20(28)14-5-3-7-17(11-14)26(31)32/h3,5,7-9,11,13,15,19H,2,4,6,10,12H2,1H3/t15-,19+/m1/s1. The monoisotopic (exact) mass is 475 g/mol. The van der Waals surface area contributed by atoms with Crippen molar-refractivity contribution in [3.05, 3.63) is 73.6 Å². The average Bonchev–Trinajstić information content (AvgIpc) is 2.81. The predicted octanol–water partition coefficient (Wildman–Crippen LogP) is 2.64. The molecule has 1 amide bonds. The van der Waals surface area contributed by atoms with Crippen molar-refractivity contribution in [1.29, 1.82) is 0 Å². The highest BCUT2D eigenvalue weighted by atomic mass is 35.5. The summed E-state index contributed by atoms with van der Waals surface area (Å²) in [5.74, 6) is -2.49. The summed E-state index contributed by atoms with van der Waals surface area (Å²) in [4.78, 5) is 63.6. The fraction of sp³-hybridized carbons (Fsp3) is 0.364. The summed E-state index contributed by atoms with van der Waals surface area (Å²) in [5, 5.41) is 11.3. The number of halogens is 1. The first-order valence-electron chi connectivity index (χ1n) is 10.3. The molecule has 2 heterocycles. The Morgan fingerprint density at radius 3 is 2.73 bits per heavy atom. The van der Waals surface area contributed by atoms with E-state index in [2.05, 4.69) is 0 Å². The van der Waals surface area contributed by atoms with E-state index >= 15 is 0 Å². The molecular weight excluding hydrogens is 454 g/mol. The summed E-state index contributed by atoms with van der Waals surface area (Å²) in [5.41, 5.74) is -1.07. The Hall–Kier alpha value is -3.53. The van der Waals surface area contributed by atoms with Crippen LogP contribution < -0.4 is 5.56 Å². The third kappa shape index (κ3) is 5.46. The molecule has 174 valence electrons. The fourth-order valence-corrected chi connectivity index (χ4v) is 3.94. The minimum atomic E-state index is -1.64. The topological polar surface area (TPSA) is 129 Å². The number of carbonyl (C=O) groups excluding carboxylic acids is 3. The van der Waals surface area contributed by atoms with Crippen LogP contribution in [0.5, 0.6) is 0 Å². The first kappa shape index (κ1) is 24.1. The van der Waals surface area contributed by atoms with Crippen molar-refractivity contribution in [1.82, 2.24) is 9.47 Å². The third-order valence-corrected chi connectivity index (χ3v) is 5.58. The molecule has 33 heavy (non-hydrogen) atoms. The SMILES string of the molecule is CCOC(=O)[C@@H]1CCCN(C(=O)[C@H](C(=O)c2cccc([N+](=O)[O-])c2)n2cc(Cl)ccc2=O)C1. The molecule has 0 bridgehead atoms. The van der Waals surface area contributed by atoms with Crippen LogP contribution in [0.25, 0.3) is 0 Å². The summed E-state index contributed by atoms with van der Waals surface area (Å²) in [6, 6.07) is 5.75. The number of aromatic nitrogens is 1. The summed E-state index contributed by atoms with van der Waals surface area (Å²) in [6.07, 6.45) is 2.22. The number of hydrogen-bond donors (Lipinski definition) is 0. The maximum atomic E-state index is 13.5. The van der Waals surface area contributed by atoms with Crippen molar-refractivity contribution < 1.29 is 24.0 Å². The summed E-state index contributed by atoms with van der Waals surface area (Å²) in [6.45, 7) is 2.20. The number of esters is 1. The zero-order valence-corrected chi connectivity index (χ0v) is 18.6. The highest BCUT2D eigenvalue weighted by Gasteiger charge is 2.37. The molecule has 10 nitrogen and oxygen atoms in total. The van der Waals surface area contributed by atoms with Crippen LogP contribution in [0.2, 0.25) is 5.02 Å². The molecule has 3 rings (SSSR count). The number of piperidine rings is 1. The lowest BCUT2D eigenvalue weighted by molar-refractivity contribution is -0.384. The average molecular weight is 476 g/mol. The lowest BCUT2D eigenvalue weighted by Gasteiger charge is -2.34. The molecule has 1 aliphatic heterocycles. The molecule has 1 aliphatic rings. The minimum absolute atomic E-state index is 0.0334. The van der Waals surface area contributed by atoms with E-state index in [0.29, 0.717) is 12.8 Å². The molecule has 0 saturated carbocycles. The molecule has 1 aromatic heterocycles. The number of rotatable bonds is 7. The van der Waals surface area contributed by atoms with E-state index < -0.39 is 40.1 Å². The van der Waals surface area contributed by atoms with Crippen molar-refractivity contribution in [2.24, 2.45) is 5.92 Å². The van der Waals surface area contributed by atoms with Crippen molar-refractivity contribution >= 4 is 34.9 Å². The van der Waals surface area contributed by atoms with E-state index in [1.807, 2.05) is 0 Å². The van der Waals surface area contributed by atoms with Gasteiger partial charge in [0.2, 0.25) is 0 Å². The molecule has 0 radical (unpaired) electrons. The number of amides is 1. The van der Waals surface area contributed by atoms with Crippen LogP contribution in [0.15, 0.2) is 47.4 Å². The van der Waals surface area contributed by atoms with Gasteiger partial charge in [-0.15, -0.1) is 0 Å². The Kier molecular flexibility index (Phi) is 7.59. The van der Waals surface area contributed by atoms with Gasteiger partial charge in [0, 0.05) is 43.0 Å². The zero-order valence-electron chi connectivity index (χ0n) is 17.8. The van der Waals surface area contributed by atoms with Crippen LogP contribution in [-0.2, 0) is 14.3 Å². The Balaban J connectivity index is 2.01. The molecule has 11 heteroatoms. The lowest BCUT2D eigenvalue weighted by atomic mass is 9.96. The molecule has 2 aromatic rings. The van der Waals surface area contributed by atoms with Crippen LogP contribution >= 0.6 is 11.6 Å². The maximum Gasteiger partial charge on any atom is 0.310 e. The molecule has 2 atom stereocenters. The molecule has 0 aliphatic carbocycles. The second-order valence-electron chi connectivity index (χ2n) is 7.54. The van der Waals surface area contributed by atoms with Crippen LogP contribution in [0.3, 0.4) is 0 Å². The van der Waals surface area contributed by atoms with Crippen molar-refractivity contribution in [2.75, 3.05) is 19.7 Å². The number of ketones is 1. The molecule has 1 aromatic carbocycles. The van der Waals surface area contributed by atoms with Crippen molar-refractivity contribution in [3.63, 3.8) is 0 Å². The smallest absolute Gasteiger partial charge is 0.310 e. The highest BCUT2D eigenvalue weighted by molar-refractivity contribution is 6.30. The number of likely N-dealkylation sites (tertiary alicyclic amines) is 1. The van der Waals surface area contributed by atoms with Crippen molar-refractivity contribution in [2.45, 2.75) is 25.8 Å². The van der Waals surface area contributed by atoms with Gasteiger partial charge in [-0.1, -0.05) is 23.7 Å². The predicted molar refractivity (Wildman–Crippen MR) is 118 cm³/mol. The number of Topliss-reactive ketones (excluding diaryl/α,β-unsaturated/α-hetero) is 1. The number of ether oxygens (including phenoxy) is 1. The summed E-state index contributed by atoms with van der Waals surface area (Å²) < 4.78 is 5.98. The van der Waals surface area contributed by atoms with Crippen LogP contribution in [0.4, 0.5) is 5.69 Å². The Morgan fingerprint density at radius 2 is 2.03 bits per heavy atom. The number of benzene rings is 1. The van der Waals surface area contributed by atoms with E-state index in [-0.39, 0.29) is 36.0 Å². The van der Waals surface area contributed by atoms with Gasteiger partial charge in [0.25, 0.3) is 17.2 Å². The van der Waals surface area contributed by atoms with Gasteiger partial charge in [0.15, 0.2) is 11.8 Å².